The van der Waals surface area contributed by atoms with E-state index in [0.29, 0.717) is 24.5 Å². The van der Waals surface area contributed by atoms with Crippen LogP contribution in [0, 0.1) is 17.7 Å². The van der Waals surface area contributed by atoms with Gasteiger partial charge in [-0.2, -0.15) is 0 Å². The van der Waals surface area contributed by atoms with Crippen molar-refractivity contribution in [2.45, 2.75) is 20.4 Å². The number of halogens is 1. The first-order valence-corrected chi connectivity index (χ1v) is 9.38. The Hall–Kier alpha value is -2.89. The van der Waals surface area contributed by atoms with Crippen molar-refractivity contribution in [2.75, 3.05) is 29.9 Å². The third-order valence-corrected chi connectivity index (χ3v) is 4.95. The maximum absolute atomic E-state index is 14.9. The van der Waals surface area contributed by atoms with E-state index in [0.717, 1.165) is 5.56 Å². The van der Waals surface area contributed by atoms with Gasteiger partial charge in [-0.25, -0.2) is 4.39 Å². The number of hydrogen-bond acceptors (Lipinski definition) is 4. The quantitative estimate of drug-likeness (QED) is 0.767. The van der Waals surface area contributed by atoms with E-state index < -0.39 is 23.5 Å². The Bertz CT molecular complexity index is 883. The molecule has 1 heterocycles. The number of rotatable bonds is 6. The van der Waals surface area contributed by atoms with Gasteiger partial charge in [0.1, 0.15) is 11.7 Å². The molecule has 2 aromatic rings. The molecule has 1 unspecified atom stereocenters. The lowest BCUT2D eigenvalue weighted by atomic mass is 9.90. The van der Waals surface area contributed by atoms with Gasteiger partial charge >= 0.3 is 5.97 Å². The summed E-state index contributed by atoms with van der Waals surface area (Å²) in [5.41, 5.74) is 2.18. The van der Waals surface area contributed by atoms with E-state index in [1.807, 2.05) is 49.1 Å². The molecule has 148 valence electrons. The zero-order valence-corrected chi connectivity index (χ0v) is 16.4. The van der Waals surface area contributed by atoms with E-state index in [1.165, 1.54) is 6.07 Å². The minimum atomic E-state index is -1.17. The molecule has 0 aromatic heterocycles. The minimum Gasteiger partial charge on any atom is -0.481 e. The predicted octanol–water partition coefficient (Wildman–Crippen LogP) is 3.82. The average molecular weight is 384 g/mol. The van der Waals surface area contributed by atoms with E-state index >= 15 is 0 Å². The van der Waals surface area contributed by atoms with Crippen LogP contribution in [0.15, 0.2) is 42.5 Å². The van der Waals surface area contributed by atoms with Gasteiger partial charge in [0.05, 0.1) is 5.69 Å². The molecule has 0 spiro atoms. The highest BCUT2D eigenvalue weighted by Gasteiger charge is 2.37. The molecule has 0 saturated carbocycles. The highest BCUT2D eigenvalue weighted by Crippen LogP contribution is 2.36. The number of Topliss-reactive ketones (excluding diaryl/α,β-unsaturated/α-hetero) is 1. The van der Waals surface area contributed by atoms with E-state index in [9.17, 15) is 19.1 Å². The predicted molar refractivity (Wildman–Crippen MR) is 107 cm³/mol. The standard InChI is InChI=1S/C22H25FN2O3/c1-14(2)11-25-13-17(22(27)28)21(26)16-9-18(23)20(10-19(16)25)24(3)12-15-7-5-4-6-8-15/h4-10,14,17H,11-13H2,1-3H3,(H,27,28). The van der Waals surface area contributed by atoms with Crippen molar-refractivity contribution in [3.8, 4) is 0 Å². The molecular weight excluding hydrogens is 359 g/mol. The van der Waals surface area contributed by atoms with Crippen molar-refractivity contribution >= 4 is 23.1 Å². The maximum atomic E-state index is 14.9. The van der Waals surface area contributed by atoms with E-state index in [1.54, 1.807) is 18.0 Å². The molecule has 3 rings (SSSR count). The zero-order chi connectivity index (χ0) is 20.4. The summed E-state index contributed by atoms with van der Waals surface area (Å²) in [6.45, 7) is 5.27. The van der Waals surface area contributed by atoms with Crippen LogP contribution in [0.25, 0.3) is 0 Å². The van der Waals surface area contributed by atoms with E-state index in [4.69, 9.17) is 0 Å². The molecule has 0 radical (unpaired) electrons. The summed E-state index contributed by atoms with van der Waals surface area (Å²) in [4.78, 5) is 27.8. The number of carbonyl (C=O) groups is 2. The van der Waals surface area contributed by atoms with Crippen molar-refractivity contribution in [2.24, 2.45) is 11.8 Å². The van der Waals surface area contributed by atoms with Gasteiger partial charge in [-0.3, -0.25) is 9.59 Å². The van der Waals surface area contributed by atoms with Crippen LogP contribution in [0.3, 0.4) is 0 Å². The van der Waals surface area contributed by atoms with Crippen LogP contribution < -0.4 is 9.80 Å². The van der Waals surface area contributed by atoms with Crippen LogP contribution in [-0.4, -0.2) is 37.0 Å². The van der Waals surface area contributed by atoms with Gasteiger partial charge in [0.25, 0.3) is 0 Å². The lowest BCUT2D eigenvalue weighted by molar-refractivity contribution is -0.139. The van der Waals surface area contributed by atoms with Gasteiger partial charge in [-0.1, -0.05) is 44.2 Å². The monoisotopic (exact) mass is 384 g/mol. The SMILES string of the molecule is CC(C)CN1CC(C(=O)O)C(=O)c2cc(F)c(N(C)Cc3ccccc3)cc21. The number of hydrogen-bond donors (Lipinski definition) is 1. The molecule has 0 amide bonds. The molecule has 6 heteroatoms. The summed E-state index contributed by atoms with van der Waals surface area (Å²) < 4.78 is 14.9. The van der Waals surface area contributed by atoms with Crippen molar-refractivity contribution in [1.82, 2.24) is 0 Å². The Labute approximate surface area is 164 Å². The topological polar surface area (TPSA) is 60.9 Å². The largest absolute Gasteiger partial charge is 0.481 e. The first-order valence-electron chi connectivity index (χ1n) is 9.38. The zero-order valence-electron chi connectivity index (χ0n) is 16.4. The fraction of sp³-hybridized carbons (Fsp3) is 0.364. The number of ketones is 1. The lowest BCUT2D eigenvalue weighted by Gasteiger charge is -2.36. The fourth-order valence-corrected chi connectivity index (χ4v) is 3.64. The summed E-state index contributed by atoms with van der Waals surface area (Å²) in [5, 5.41) is 9.41. The number of benzene rings is 2. The van der Waals surface area contributed by atoms with Gasteiger partial charge in [-0.15, -0.1) is 0 Å². The molecule has 1 aliphatic rings. The molecule has 5 nitrogen and oxygen atoms in total. The number of carboxylic acid groups (broad SMARTS) is 1. The van der Waals surface area contributed by atoms with Crippen LogP contribution in [0.1, 0.15) is 29.8 Å². The van der Waals surface area contributed by atoms with Gasteiger partial charge in [0.15, 0.2) is 5.78 Å². The van der Waals surface area contributed by atoms with Crippen molar-refractivity contribution in [1.29, 1.82) is 0 Å². The Morgan fingerprint density at radius 2 is 1.96 bits per heavy atom. The van der Waals surface area contributed by atoms with Crippen molar-refractivity contribution in [3.05, 3.63) is 59.4 Å². The van der Waals surface area contributed by atoms with E-state index in [2.05, 4.69) is 0 Å². The van der Waals surface area contributed by atoms with Crippen LogP contribution >= 0.6 is 0 Å². The molecule has 1 atom stereocenters. The van der Waals surface area contributed by atoms with Crippen LogP contribution in [0.5, 0.6) is 0 Å². The number of nitrogens with zero attached hydrogens (tertiary/aromatic N) is 2. The van der Waals surface area contributed by atoms with Gasteiger partial charge in [0, 0.05) is 37.9 Å². The van der Waals surface area contributed by atoms with Crippen molar-refractivity contribution in [3.63, 3.8) is 0 Å². The molecule has 28 heavy (non-hydrogen) atoms. The summed E-state index contributed by atoms with van der Waals surface area (Å²) in [6, 6.07) is 12.6. The highest BCUT2D eigenvalue weighted by atomic mass is 19.1. The maximum Gasteiger partial charge on any atom is 0.316 e. The normalized spacial score (nSPS) is 16.2. The van der Waals surface area contributed by atoms with Gasteiger partial charge < -0.3 is 14.9 Å². The highest BCUT2D eigenvalue weighted by molar-refractivity contribution is 6.13. The molecule has 1 N–H and O–H groups in total. The summed E-state index contributed by atoms with van der Waals surface area (Å²) in [7, 11) is 1.80. The van der Waals surface area contributed by atoms with Crippen LogP contribution in [0.2, 0.25) is 0 Å². The summed E-state index contributed by atoms with van der Waals surface area (Å²) in [6.07, 6.45) is 0. The van der Waals surface area contributed by atoms with E-state index in [-0.39, 0.29) is 18.0 Å². The average Bonchev–Trinajstić information content (AvgIpc) is 2.64. The third kappa shape index (κ3) is 4.01. The Morgan fingerprint density at radius 3 is 2.57 bits per heavy atom. The molecule has 0 bridgehead atoms. The molecule has 0 saturated heterocycles. The Kier molecular flexibility index (Phi) is 5.68. The van der Waals surface area contributed by atoms with Gasteiger partial charge in [0.2, 0.25) is 0 Å². The summed E-state index contributed by atoms with van der Waals surface area (Å²) in [5.74, 6) is -3.13. The number of fused-ring (bicyclic) bond motifs is 1. The molecule has 0 fully saturated rings. The molecule has 2 aromatic carbocycles. The summed E-state index contributed by atoms with van der Waals surface area (Å²) >= 11 is 0. The van der Waals surface area contributed by atoms with Crippen LogP contribution in [-0.2, 0) is 11.3 Å². The molecule has 1 aliphatic heterocycles. The smallest absolute Gasteiger partial charge is 0.316 e. The third-order valence-electron chi connectivity index (χ3n) is 4.95. The number of carbonyl (C=O) groups excluding carboxylic acids is 1. The molecular formula is C22H25FN2O3. The first-order chi connectivity index (χ1) is 13.3. The lowest BCUT2D eigenvalue weighted by Crippen LogP contribution is -2.44. The van der Waals surface area contributed by atoms with Gasteiger partial charge in [-0.05, 0) is 23.6 Å². The second-order valence-electron chi connectivity index (χ2n) is 7.72. The number of anilines is 2. The molecule has 0 aliphatic carbocycles. The second kappa shape index (κ2) is 8.00. The van der Waals surface area contributed by atoms with Crippen LogP contribution in [0.4, 0.5) is 15.8 Å². The minimum absolute atomic E-state index is 0.104. The first kappa shape index (κ1) is 19.9. The Morgan fingerprint density at radius 1 is 1.29 bits per heavy atom. The fourth-order valence-electron chi connectivity index (χ4n) is 3.64. The second-order valence-corrected chi connectivity index (χ2v) is 7.72. The number of carboxylic acids is 1. The number of aliphatic carboxylic acids is 1. The van der Waals surface area contributed by atoms with Crippen molar-refractivity contribution < 1.29 is 19.1 Å². The Balaban J connectivity index is 2.00.